The predicted molar refractivity (Wildman–Crippen MR) is 115 cm³/mol. The smallest absolute Gasteiger partial charge is 0.333 e. The summed E-state index contributed by atoms with van der Waals surface area (Å²) in [5, 5.41) is 13.7. The van der Waals surface area contributed by atoms with Gasteiger partial charge in [-0.05, 0) is 63.5 Å². The summed E-state index contributed by atoms with van der Waals surface area (Å²) < 4.78 is 5.93. The fraction of sp³-hybridized carbons (Fsp3) is 0.522. The standard InChI is InChI=1S/C23H30N2O3S/c1-18-7-8-20(29-18)15-24-23(16-26,19-5-3-2-4-6-19)21(27)28-17-22-9-12-25(13-10-22)14-11-22/h2-8,24,26H,9-17H2,1H3. The van der Waals surface area contributed by atoms with E-state index in [1.807, 2.05) is 30.3 Å². The van der Waals surface area contributed by atoms with Gasteiger partial charge in [-0.15, -0.1) is 11.3 Å². The first-order valence-electron chi connectivity index (χ1n) is 10.4. The molecule has 2 bridgehead atoms. The Morgan fingerprint density at radius 3 is 2.45 bits per heavy atom. The molecule has 0 saturated carbocycles. The van der Waals surface area contributed by atoms with Crippen molar-refractivity contribution in [2.45, 2.75) is 38.3 Å². The number of piperidine rings is 3. The van der Waals surface area contributed by atoms with Crippen LogP contribution in [-0.4, -0.2) is 48.8 Å². The molecular weight excluding hydrogens is 384 g/mol. The second-order valence-corrected chi connectivity index (χ2v) is 9.84. The summed E-state index contributed by atoms with van der Waals surface area (Å²) in [6.45, 7) is 5.94. The number of hydrogen-bond acceptors (Lipinski definition) is 6. The SMILES string of the molecule is Cc1ccc(CNC(CO)(C(=O)OCC23CCN(CC2)CC3)c2ccccc2)s1. The van der Waals surface area contributed by atoms with Crippen LogP contribution >= 0.6 is 11.3 Å². The molecule has 0 spiro atoms. The molecule has 0 radical (unpaired) electrons. The highest BCUT2D eigenvalue weighted by Gasteiger charge is 2.45. The van der Waals surface area contributed by atoms with E-state index in [1.165, 1.54) is 4.88 Å². The quantitative estimate of drug-likeness (QED) is 0.650. The van der Waals surface area contributed by atoms with Gasteiger partial charge >= 0.3 is 5.97 Å². The van der Waals surface area contributed by atoms with Crippen LogP contribution < -0.4 is 5.32 Å². The minimum absolute atomic E-state index is 0.104. The molecule has 5 nitrogen and oxygen atoms in total. The van der Waals surface area contributed by atoms with Crippen molar-refractivity contribution in [2.24, 2.45) is 5.41 Å². The van der Waals surface area contributed by atoms with E-state index in [9.17, 15) is 9.90 Å². The molecule has 5 rings (SSSR count). The van der Waals surface area contributed by atoms with E-state index < -0.39 is 5.54 Å². The summed E-state index contributed by atoms with van der Waals surface area (Å²) in [5.41, 5.74) is -0.421. The normalized spacial score (nSPS) is 25.5. The monoisotopic (exact) mass is 414 g/mol. The molecule has 1 aromatic heterocycles. The molecule has 0 amide bonds. The van der Waals surface area contributed by atoms with Crippen molar-refractivity contribution in [3.63, 3.8) is 0 Å². The molecule has 2 aromatic rings. The summed E-state index contributed by atoms with van der Waals surface area (Å²) >= 11 is 1.69. The van der Waals surface area contributed by atoms with Crippen molar-refractivity contribution in [1.82, 2.24) is 10.2 Å². The molecule has 2 N–H and O–H groups in total. The molecule has 3 saturated heterocycles. The van der Waals surface area contributed by atoms with E-state index in [-0.39, 0.29) is 18.0 Å². The van der Waals surface area contributed by atoms with Crippen molar-refractivity contribution in [1.29, 1.82) is 0 Å². The zero-order valence-corrected chi connectivity index (χ0v) is 17.8. The molecular formula is C23H30N2O3S. The number of rotatable bonds is 8. The van der Waals surface area contributed by atoms with Crippen LogP contribution in [0.15, 0.2) is 42.5 Å². The van der Waals surface area contributed by atoms with Crippen LogP contribution in [-0.2, 0) is 21.6 Å². The minimum Gasteiger partial charge on any atom is -0.463 e. The maximum Gasteiger partial charge on any atom is 0.333 e. The summed E-state index contributed by atoms with van der Waals surface area (Å²) in [6.07, 6.45) is 3.25. The Bertz CT molecular complexity index is 816. The first-order chi connectivity index (χ1) is 14.1. The topological polar surface area (TPSA) is 61.8 Å². The number of nitrogens with zero attached hydrogens (tertiary/aromatic N) is 1. The first-order valence-corrected chi connectivity index (χ1v) is 11.2. The highest BCUT2D eigenvalue weighted by molar-refractivity contribution is 7.11. The lowest BCUT2D eigenvalue weighted by atomic mass is 9.73. The maximum atomic E-state index is 13.4. The fourth-order valence-corrected chi connectivity index (χ4v) is 5.33. The van der Waals surface area contributed by atoms with Gasteiger partial charge in [0.25, 0.3) is 0 Å². The zero-order chi connectivity index (χ0) is 20.3. The number of thiophene rings is 1. The van der Waals surface area contributed by atoms with Crippen molar-refractivity contribution >= 4 is 17.3 Å². The summed E-state index contributed by atoms with van der Waals surface area (Å²) in [5.74, 6) is -0.387. The Labute approximate surface area is 176 Å². The average molecular weight is 415 g/mol. The molecule has 1 atom stereocenters. The van der Waals surface area contributed by atoms with Gasteiger partial charge in [0.2, 0.25) is 0 Å². The highest BCUT2D eigenvalue weighted by atomic mass is 32.1. The first kappa shape index (κ1) is 20.5. The maximum absolute atomic E-state index is 13.4. The third-order valence-electron chi connectivity index (χ3n) is 6.60. The Kier molecular flexibility index (Phi) is 6.06. The second-order valence-electron chi connectivity index (χ2n) is 8.46. The minimum atomic E-state index is -1.26. The molecule has 3 aliphatic heterocycles. The number of carbonyl (C=O) groups excluding carboxylic acids is 1. The number of hydrogen-bond donors (Lipinski definition) is 2. The summed E-state index contributed by atoms with van der Waals surface area (Å²) in [7, 11) is 0. The Morgan fingerprint density at radius 2 is 1.86 bits per heavy atom. The number of carbonyl (C=O) groups is 1. The zero-order valence-electron chi connectivity index (χ0n) is 17.0. The summed E-state index contributed by atoms with van der Waals surface area (Å²) in [4.78, 5) is 18.2. The third-order valence-corrected chi connectivity index (χ3v) is 7.60. The number of nitrogens with one attached hydrogen (secondary N) is 1. The van der Waals surface area contributed by atoms with Crippen LogP contribution in [0.3, 0.4) is 0 Å². The van der Waals surface area contributed by atoms with Crippen molar-refractivity contribution in [3.05, 3.63) is 57.8 Å². The largest absolute Gasteiger partial charge is 0.463 e. The van der Waals surface area contributed by atoms with Gasteiger partial charge in [-0.1, -0.05) is 30.3 Å². The number of benzene rings is 1. The van der Waals surface area contributed by atoms with Gasteiger partial charge < -0.3 is 14.7 Å². The van der Waals surface area contributed by atoms with E-state index >= 15 is 0 Å². The van der Waals surface area contributed by atoms with Gasteiger partial charge in [0, 0.05) is 21.7 Å². The van der Waals surface area contributed by atoms with Gasteiger partial charge in [0.05, 0.1) is 13.2 Å². The molecule has 0 aliphatic carbocycles. The fourth-order valence-electron chi connectivity index (χ4n) is 4.50. The van der Waals surface area contributed by atoms with Crippen molar-refractivity contribution in [3.8, 4) is 0 Å². The van der Waals surface area contributed by atoms with Gasteiger partial charge in [-0.25, -0.2) is 4.79 Å². The third kappa shape index (κ3) is 4.26. The van der Waals surface area contributed by atoms with Crippen LogP contribution in [0.4, 0.5) is 0 Å². The molecule has 156 valence electrons. The van der Waals surface area contributed by atoms with E-state index in [0.29, 0.717) is 13.2 Å². The highest BCUT2D eigenvalue weighted by Crippen LogP contribution is 2.40. The van der Waals surface area contributed by atoms with Crippen LogP contribution in [0, 0.1) is 12.3 Å². The van der Waals surface area contributed by atoms with Gasteiger partial charge in [0.1, 0.15) is 0 Å². The van der Waals surface area contributed by atoms with E-state index in [1.54, 1.807) is 11.3 Å². The number of aryl methyl sites for hydroxylation is 1. The molecule has 6 heteroatoms. The van der Waals surface area contributed by atoms with E-state index in [4.69, 9.17) is 4.74 Å². The van der Waals surface area contributed by atoms with Crippen molar-refractivity contribution < 1.29 is 14.6 Å². The number of esters is 1. The predicted octanol–water partition coefficient (Wildman–Crippen LogP) is 3.06. The van der Waals surface area contributed by atoms with Crippen molar-refractivity contribution in [2.75, 3.05) is 32.8 Å². The van der Waals surface area contributed by atoms with Crippen LogP contribution in [0.25, 0.3) is 0 Å². The molecule has 1 aromatic carbocycles. The van der Waals surface area contributed by atoms with Crippen LogP contribution in [0.1, 0.15) is 34.6 Å². The second kappa shape index (κ2) is 8.56. The lowest BCUT2D eigenvalue weighted by Crippen LogP contribution is -2.55. The van der Waals surface area contributed by atoms with Gasteiger partial charge in [-0.3, -0.25) is 5.32 Å². The lowest BCUT2D eigenvalue weighted by Gasteiger charge is -2.48. The number of ether oxygens (including phenoxy) is 1. The number of aliphatic hydroxyl groups is 1. The Hall–Kier alpha value is -1.73. The van der Waals surface area contributed by atoms with E-state index in [2.05, 4.69) is 29.3 Å². The molecule has 4 heterocycles. The number of fused-ring (bicyclic) bond motifs is 3. The Morgan fingerprint density at radius 1 is 1.17 bits per heavy atom. The Balaban J connectivity index is 1.52. The van der Waals surface area contributed by atoms with Gasteiger partial charge in [-0.2, -0.15) is 0 Å². The van der Waals surface area contributed by atoms with E-state index in [0.717, 1.165) is 49.3 Å². The average Bonchev–Trinajstić information content (AvgIpc) is 3.20. The van der Waals surface area contributed by atoms with Crippen LogP contribution in [0.2, 0.25) is 0 Å². The lowest BCUT2D eigenvalue weighted by molar-refractivity contribution is -0.161. The number of aliphatic hydroxyl groups excluding tert-OH is 1. The van der Waals surface area contributed by atoms with Gasteiger partial charge in [0.15, 0.2) is 5.54 Å². The molecule has 3 aliphatic rings. The summed E-state index contributed by atoms with van der Waals surface area (Å²) in [6, 6.07) is 13.6. The molecule has 1 unspecified atom stereocenters. The molecule has 29 heavy (non-hydrogen) atoms. The van der Waals surface area contributed by atoms with Crippen LogP contribution in [0.5, 0.6) is 0 Å². The molecule has 3 fully saturated rings.